The van der Waals surface area contributed by atoms with E-state index >= 15 is 0 Å². The first kappa shape index (κ1) is 15.9. The monoisotopic (exact) mass is 327 g/mol. The highest BCUT2D eigenvalue weighted by molar-refractivity contribution is 6.21. The van der Waals surface area contributed by atoms with Crippen molar-refractivity contribution in [2.45, 2.75) is 12.8 Å². The average molecular weight is 327 g/mol. The molecule has 24 heavy (non-hydrogen) atoms. The molecule has 7 nitrogen and oxygen atoms in total. The Morgan fingerprint density at radius 2 is 1.79 bits per heavy atom. The van der Waals surface area contributed by atoms with Crippen molar-refractivity contribution in [3.05, 3.63) is 52.8 Å². The lowest BCUT2D eigenvalue weighted by Crippen LogP contribution is -2.31. The summed E-state index contributed by atoms with van der Waals surface area (Å²) in [6, 6.07) is 6.80. The third-order valence-corrected chi connectivity index (χ3v) is 4.10. The van der Waals surface area contributed by atoms with Crippen LogP contribution in [-0.4, -0.2) is 46.1 Å². The highest BCUT2D eigenvalue weighted by atomic mass is 16.5. The molecule has 2 amide bonds. The molecule has 0 radical (unpaired) electrons. The summed E-state index contributed by atoms with van der Waals surface area (Å²) in [5.41, 5.74) is 2.01. The zero-order chi connectivity index (χ0) is 17.3. The van der Waals surface area contributed by atoms with Gasteiger partial charge in [-0.1, -0.05) is 12.1 Å². The molecule has 0 spiro atoms. The van der Waals surface area contributed by atoms with Crippen LogP contribution in [0.25, 0.3) is 0 Å². The van der Waals surface area contributed by atoms with E-state index in [2.05, 4.69) is 5.10 Å². The number of fused-ring (bicyclic) bond motifs is 1. The summed E-state index contributed by atoms with van der Waals surface area (Å²) >= 11 is 0. The molecular formula is C17H17N3O4. The predicted molar refractivity (Wildman–Crippen MR) is 84.7 cm³/mol. The molecular weight excluding hydrogens is 310 g/mol. The van der Waals surface area contributed by atoms with Crippen LogP contribution in [-0.2, 0) is 18.2 Å². The molecule has 1 aromatic carbocycles. The molecule has 0 aliphatic carbocycles. The summed E-state index contributed by atoms with van der Waals surface area (Å²) in [5, 5.41) is 4.07. The van der Waals surface area contributed by atoms with E-state index in [9.17, 15) is 14.4 Å². The van der Waals surface area contributed by atoms with Gasteiger partial charge in [0.1, 0.15) is 5.69 Å². The molecule has 0 bridgehead atoms. The van der Waals surface area contributed by atoms with Crippen LogP contribution in [0.4, 0.5) is 0 Å². The molecule has 1 aromatic heterocycles. The van der Waals surface area contributed by atoms with Crippen LogP contribution in [0.1, 0.15) is 43.2 Å². The zero-order valence-corrected chi connectivity index (χ0v) is 13.5. The summed E-state index contributed by atoms with van der Waals surface area (Å²) < 4.78 is 6.22. The Kier molecular flexibility index (Phi) is 4.16. The molecule has 0 N–H and O–H groups in total. The van der Waals surface area contributed by atoms with Gasteiger partial charge in [-0.25, -0.2) is 4.79 Å². The molecule has 7 heteroatoms. The molecule has 0 atom stereocenters. The van der Waals surface area contributed by atoms with E-state index in [4.69, 9.17) is 4.74 Å². The van der Waals surface area contributed by atoms with Gasteiger partial charge in [0.25, 0.3) is 11.8 Å². The second-order valence-corrected chi connectivity index (χ2v) is 5.54. The van der Waals surface area contributed by atoms with Gasteiger partial charge >= 0.3 is 5.97 Å². The SMILES string of the molecule is COC(=O)c1c(CCCN2C(=O)c3ccccc3C2=O)cnn1C. The van der Waals surface area contributed by atoms with Crippen molar-refractivity contribution in [3.8, 4) is 0 Å². The minimum absolute atomic E-state index is 0.269. The molecule has 0 saturated heterocycles. The van der Waals surface area contributed by atoms with E-state index in [-0.39, 0.29) is 11.8 Å². The van der Waals surface area contributed by atoms with Crippen LogP contribution in [0.2, 0.25) is 0 Å². The maximum absolute atomic E-state index is 12.3. The van der Waals surface area contributed by atoms with E-state index < -0.39 is 5.97 Å². The molecule has 0 fully saturated rings. The number of carbonyl (C=O) groups excluding carboxylic acids is 3. The number of ether oxygens (including phenoxy) is 1. The number of amides is 2. The normalized spacial score (nSPS) is 13.3. The number of carbonyl (C=O) groups is 3. The van der Waals surface area contributed by atoms with Gasteiger partial charge in [0.2, 0.25) is 0 Å². The topological polar surface area (TPSA) is 81.5 Å². The maximum Gasteiger partial charge on any atom is 0.356 e. The minimum atomic E-state index is -0.453. The molecule has 2 aromatic rings. The quantitative estimate of drug-likeness (QED) is 0.613. The number of imide groups is 1. The molecule has 1 aliphatic rings. The predicted octanol–water partition coefficient (Wildman–Crippen LogP) is 1.44. The van der Waals surface area contributed by atoms with Crippen molar-refractivity contribution in [3.63, 3.8) is 0 Å². The summed E-state index contributed by atoms with van der Waals surface area (Å²) in [4.78, 5) is 37.6. The van der Waals surface area contributed by atoms with Gasteiger partial charge in [-0.05, 0) is 25.0 Å². The highest BCUT2D eigenvalue weighted by Crippen LogP contribution is 2.23. The maximum atomic E-state index is 12.3. The molecule has 0 unspecified atom stereocenters. The summed E-state index contributed by atoms with van der Waals surface area (Å²) in [7, 11) is 2.98. The van der Waals surface area contributed by atoms with Gasteiger partial charge in [-0.3, -0.25) is 19.2 Å². The van der Waals surface area contributed by atoms with Crippen molar-refractivity contribution in [2.75, 3.05) is 13.7 Å². The number of methoxy groups -OCH3 is 1. The van der Waals surface area contributed by atoms with Gasteiger partial charge in [0, 0.05) is 19.2 Å². The number of hydrogen-bond acceptors (Lipinski definition) is 5. The van der Waals surface area contributed by atoms with Crippen LogP contribution in [0.15, 0.2) is 30.5 Å². The average Bonchev–Trinajstić information content (AvgIpc) is 3.07. The van der Waals surface area contributed by atoms with E-state index in [0.717, 1.165) is 5.56 Å². The second-order valence-electron chi connectivity index (χ2n) is 5.54. The number of nitrogens with zero attached hydrogens (tertiary/aromatic N) is 3. The number of rotatable bonds is 5. The largest absolute Gasteiger partial charge is 0.464 e. The van der Waals surface area contributed by atoms with Crippen molar-refractivity contribution in [1.82, 2.24) is 14.7 Å². The molecule has 1 aliphatic heterocycles. The molecule has 124 valence electrons. The van der Waals surface area contributed by atoms with Gasteiger partial charge < -0.3 is 4.74 Å². The fraction of sp³-hybridized carbons (Fsp3) is 0.294. The third kappa shape index (κ3) is 2.58. The molecule has 3 rings (SSSR count). The minimum Gasteiger partial charge on any atom is -0.464 e. The lowest BCUT2D eigenvalue weighted by atomic mass is 10.1. The first-order valence-electron chi connectivity index (χ1n) is 7.59. The van der Waals surface area contributed by atoms with Crippen LogP contribution >= 0.6 is 0 Å². The van der Waals surface area contributed by atoms with E-state index in [1.807, 2.05) is 0 Å². The van der Waals surface area contributed by atoms with E-state index in [0.29, 0.717) is 36.2 Å². The lowest BCUT2D eigenvalue weighted by molar-refractivity contribution is 0.0583. The fourth-order valence-corrected chi connectivity index (χ4v) is 2.90. The summed E-state index contributed by atoms with van der Waals surface area (Å²) in [6.07, 6.45) is 2.67. The van der Waals surface area contributed by atoms with Crippen LogP contribution in [0.3, 0.4) is 0 Å². The number of hydrogen-bond donors (Lipinski definition) is 0. The number of benzene rings is 1. The van der Waals surface area contributed by atoms with Crippen molar-refractivity contribution < 1.29 is 19.1 Å². The fourth-order valence-electron chi connectivity index (χ4n) is 2.90. The van der Waals surface area contributed by atoms with Crippen molar-refractivity contribution in [2.24, 2.45) is 7.05 Å². The van der Waals surface area contributed by atoms with Crippen molar-refractivity contribution >= 4 is 17.8 Å². The lowest BCUT2D eigenvalue weighted by Gasteiger charge is -2.13. The van der Waals surface area contributed by atoms with Gasteiger partial charge in [0.05, 0.1) is 24.4 Å². The number of esters is 1. The Hall–Kier alpha value is -2.96. The molecule has 0 saturated carbocycles. The Balaban J connectivity index is 1.68. The Bertz CT molecular complexity index is 790. The van der Waals surface area contributed by atoms with Gasteiger partial charge in [-0.2, -0.15) is 5.10 Å². The first-order valence-corrected chi connectivity index (χ1v) is 7.59. The van der Waals surface area contributed by atoms with Crippen LogP contribution < -0.4 is 0 Å². The van der Waals surface area contributed by atoms with Crippen molar-refractivity contribution in [1.29, 1.82) is 0 Å². The Morgan fingerprint density at radius 3 is 2.38 bits per heavy atom. The summed E-state index contributed by atoms with van der Waals surface area (Å²) in [6.45, 7) is 0.294. The van der Waals surface area contributed by atoms with Gasteiger partial charge in [0.15, 0.2) is 0 Å². The smallest absolute Gasteiger partial charge is 0.356 e. The molecule has 2 heterocycles. The van der Waals surface area contributed by atoms with Gasteiger partial charge in [-0.15, -0.1) is 0 Å². The van der Waals surface area contributed by atoms with E-state index in [1.54, 1.807) is 37.5 Å². The highest BCUT2D eigenvalue weighted by Gasteiger charge is 2.34. The zero-order valence-electron chi connectivity index (χ0n) is 13.5. The van der Waals surface area contributed by atoms with Crippen LogP contribution in [0, 0.1) is 0 Å². The number of aromatic nitrogens is 2. The number of aryl methyl sites for hydroxylation is 2. The first-order chi connectivity index (χ1) is 11.5. The second kappa shape index (κ2) is 6.27. The standard InChI is InChI=1S/C17H17N3O4/c1-19-14(17(23)24-2)11(10-18-19)6-5-9-20-15(21)12-7-3-4-8-13(12)16(20)22/h3-4,7-8,10H,5-6,9H2,1-2H3. The summed E-state index contributed by atoms with van der Waals surface area (Å²) in [5.74, 6) is -0.990. The Morgan fingerprint density at radius 1 is 1.17 bits per heavy atom. The Labute approximate surface area is 138 Å². The third-order valence-electron chi connectivity index (χ3n) is 4.10. The van der Waals surface area contributed by atoms with Crippen LogP contribution in [0.5, 0.6) is 0 Å². The van der Waals surface area contributed by atoms with E-state index in [1.165, 1.54) is 16.7 Å².